The van der Waals surface area contributed by atoms with Gasteiger partial charge < -0.3 is 15.2 Å². The summed E-state index contributed by atoms with van der Waals surface area (Å²) in [6.45, 7) is 2.97. The summed E-state index contributed by atoms with van der Waals surface area (Å²) in [5.41, 5.74) is 6.73. The summed E-state index contributed by atoms with van der Waals surface area (Å²) in [4.78, 5) is 0. The van der Waals surface area contributed by atoms with Gasteiger partial charge >= 0.3 is 0 Å². The Hall–Kier alpha value is -2.01. The molecule has 0 amide bonds. The number of nitrogens with zero attached hydrogens (tertiary/aromatic N) is 2. The van der Waals surface area contributed by atoms with E-state index >= 15 is 0 Å². The molecule has 0 aliphatic carbocycles. The third-order valence-electron chi connectivity index (χ3n) is 2.71. The zero-order valence-electron chi connectivity index (χ0n) is 11.2. The first kappa shape index (κ1) is 13.4. The maximum Gasteiger partial charge on any atom is 0.139 e. The Morgan fingerprint density at radius 2 is 2.16 bits per heavy atom. The highest BCUT2D eigenvalue weighted by Gasteiger charge is 2.13. The molecule has 1 aromatic heterocycles. The van der Waals surface area contributed by atoms with Crippen LogP contribution in [0.3, 0.4) is 0 Å². The van der Waals surface area contributed by atoms with E-state index in [9.17, 15) is 0 Å². The first-order chi connectivity index (χ1) is 9.22. The highest BCUT2D eigenvalue weighted by atomic mass is 16.5. The molecule has 1 heterocycles. The number of benzene rings is 1. The molecule has 0 aliphatic rings. The number of aryl methyl sites for hydroxylation is 1. The van der Waals surface area contributed by atoms with Crippen LogP contribution >= 0.6 is 0 Å². The van der Waals surface area contributed by atoms with Crippen molar-refractivity contribution >= 4 is 0 Å². The van der Waals surface area contributed by atoms with E-state index in [1.54, 1.807) is 10.9 Å². The third kappa shape index (κ3) is 3.48. The zero-order valence-corrected chi connectivity index (χ0v) is 11.2. The molecule has 1 aromatic carbocycles. The average molecular weight is 261 g/mol. The van der Waals surface area contributed by atoms with Crippen molar-refractivity contribution in [3.63, 3.8) is 0 Å². The van der Waals surface area contributed by atoms with Crippen molar-refractivity contribution in [2.45, 2.75) is 13.0 Å². The second-order valence-electron chi connectivity index (χ2n) is 4.20. The molecule has 0 radical (unpaired) electrons. The van der Waals surface area contributed by atoms with Crippen LogP contribution in [0.1, 0.15) is 18.6 Å². The van der Waals surface area contributed by atoms with Crippen LogP contribution in [0.4, 0.5) is 0 Å². The second-order valence-corrected chi connectivity index (χ2v) is 4.20. The molecule has 5 heteroatoms. The maximum atomic E-state index is 5.89. The average Bonchev–Trinajstić information content (AvgIpc) is 2.83. The fourth-order valence-corrected chi connectivity index (χ4v) is 1.83. The smallest absolute Gasteiger partial charge is 0.139 e. The SMILES string of the molecule is CCOc1cccc(OC(CN)c2cnn(C)c2)c1. The van der Waals surface area contributed by atoms with Gasteiger partial charge in [-0.3, -0.25) is 4.68 Å². The van der Waals surface area contributed by atoms with Gasteiger partial charge in [-0.1, -0.05) is 6.07 Å². The van der Waals surface area contributed by atoms with E-state index in [2.05, 4.69) is 5.10 Å². The van der Waals surface area contributed by atoms with Gasteiger partial charge in [0, 0.05) is 31.4 Å². The van der Waals surface area contributed by atoms with Crippen molar-refractivity contribution in [1.29, 1.82) is 0 Å². The first-order valence-corrected chi connectivity index (χ1v) is 6.31. The van der Waals surface area contributed by atoms with E-state index in [0.29, 0.717) is 13.2 Å². The third-order valence-corrected chi connectivity index (χ3v) is 2.71. The molecule has 2 N–H and O–H groups in total. The van der Waals surface area contributed by atoms with Gasteiger partial charge in [0.25, 0.3) is 0 Å². The van der Waals surface area contributed by atoms with Crippen LogP contribution in [-0.4, -0.2) is 22.9 Å². The lowest BCUT2D eigenvalue weighted by atomic mass is 10.2. The minimum atomic E-state index is -0.203. The van der Waals surface area contributed by atoms with Gasteiger partial charge in [-0.25, -0.2) is 0 Å². The summed E-state index contributed by atoms with van der Waals surface area (Å²) in [5.74, 6) is 1.53. The van der Waals surface area contributed by atoms with Crippen LogP contribution in [0.15, 0.2) is 36.7 Å². The molecular weight excluding hydrogens is 242 g/mol. The molecule has 1 unspecified atom stereocenters. The molecule has 19 heavy (non-hydrogen) atoms. The predicted molar refractivity (Wildman–Crippen MR) is 73.2 cm³/mol. The summed E-state index contributed by atoms with van der Waals surface area (Å²) in [5, 5.41) is 4.13. The minimum absolute atomic E-state index is 0.203. The van der Waals surface area contributed by atoms with Gasteiger partial charge in [0.2, 0.25) is 0 Å². The van der Waals surface area contributed by atoms with Crippen LogP contribution in [0, 0.1) is 0 Å². The normalized spacial score (nSPS) is 12.2. The number of nitrogens with two attached hydrogens (primary N) is 1. The molecule has 5 nitrogen and oxygen atoms in total. The Balaban J connectivity index is 2.11. The highest BCUT2D eigenvalue weighted by molar-refractivity contribution is 5.33. The number of hydrogen-bond acceptors (Lipinski definition) is 4. The highest BCUT2D eigenvalue weighted by Crippen LogP contribution is 2.24. The van der Waals surface area contributed by atoms with Crippen molar-refractivity contribution < 1.29 is 9.47 Å². The van der Waals surface area contributed by atoms with Gasteiger partial charge in [-0.05, 0) is 19.1 Å². The van der Waals surface area contributed by atoms with Crippen molar-refractivity contribution in [2.24, 2.45) is 12.8 Å². The van der Waals surface area contributed by atoms with Gasteiger partial charge in [0.15, 0.2) is 0 Å². The Kier molecular flexibility index (Phi) is 4.41. The standard InChI is InChI=1S/C14H19N3O2/c1-3-18-12-5-4-6-13(7-12)19-14(8-15)11-9-16-17(2)10-11/h4-7,9-10,14H,3,8,15H2,1-2H3. The van der Waals surface area contributed by atoms with Crippen LogP contribution in [0.5, 0.6) is 11.5 Å². The lowest BCUT2D eigenvalue weighted by molar-refractivity contribution is 0.213. The van der Waals surface area contributed by atoms with Crippen LogP contribution < -0.4 is 15.2 Å². The number of ether oxygens (including phenoxy) is 2. The number of rotatable bonds is 6. The van der Waals surface area contributed by atoms with Gasteiger partial charge in [0.05, 0.1) is 12.8 Å². The Morgan fingerprint density at radius 3 is 2.79 bits per heavy atom. The van der Waals surface area contributed by atoms with Crippen molar-refractivity contribution in [3.8, 4) is 11.5 Å². The topological polar surface area (TPSA) is 62.3 Å². The lowest BCUT2D eigenvalue weighted by Gasteiger charge is -2.16. The Bertz CT molecular complexity index is 525. The van der Waals surface area contributed by atoms with Gasteiger partial charge in [-0.2, -0.15) is 5.10 Å². The Labute approximate surface area is 112 Å². The number of hydrogen-bond donors (Lipinski definition) is 1. The lowest BCUT2D eigenvalue weighted by Crippen LogP contribution is -2.18. The molecule has 2 rings (SSSR count). The molecule has 0 bridgehead atoms. The molecule has 0 fully saturated rings. The van der Waals surface area contributed by atoms with Crippen LogP contribution in [-0.2, 0) is 7.05 Å². The molecule has 0 spiro atoms. The van der Waals surface area contributed by atoms with Crippen molar-refractivity contribution in [3.05, 3.63) is 42.2 Å². The summed E-state index contributed by atoms with van der Waals surface area (Å²) in [6.07, 6.45) is 3.47. The second kappa shape index (κ2) is 6.24. The summed E-state index contributed by atoms with van der Waals surface area (Å²) in [6, 6.07) is 7.55. The van der Waals surface area contributed by atoms with E-state index < -0.39 is 0 Å². The van der Waals surface area contributed by atoms with E-state index in [-0.39, 0.29) is 6.10 Å². The van der Waals surface area contributed by atoms with Crippen LogP contribution in [0.2, 0.25) is 0 Å². The quantitative estimate of drug-likeness (QED) is 0.862. The summed E-state index contributed by atoms with van der Waals surface area (Å²) >= 11 is 0. The number of aromatic nitrogens is 2. The first-order valence-electron chi connectivity index (χ1n) is 6.31. The summed E-state index contributed by atoms with van der Waals surface area (Å²) < 4.78 is 13.1. The zero-order chi connectivity index (χ0) is 13.7. The molecule has 0 aliphatic heterocycles. The van der Waals surface area contributed by atoms with E-state index in [0.717, 1.165) is 17.1 Å². The van der Waals surface area contributed by atoms with Crippen molar-refractivity contribution in [2.75, 3.05) is 13.2 Å². The summed E-state index contributed by atoms with van der Waals surface area (Å²) in [7, 11) is 1.87. The monoisotopic (exact) mass is 261 g/mol. The molecular formula is C14H19N3O2. The fraction of sp³-hybridized carbons (Fsp3) is 0.357. The van der Waals surface area contributed by atoms with Crippen LogP contribution in [0.25, 0.3) is 0 Å². The molecule has 1 atom stereocenters. The largest absolute Gasteiger partial charge is 0.494 e. The predicted octanol–water partition coefficient (Wildman–Crippen LogP) is 1.90. The van der Waals surface area contributed by atoms with E-state index in [1.807, 2.05) is 44.4 Å². The molecule has 0 saturated heterocycles. The molecule has 102 valence electrons. The van der Waals surface area contributed by atoms with Gasteiger partial charge in [-0.15, -0.1) is 0 Å². The fourth-order valence-electron chi connectivity index (χ4n) is 1.83. The minimum Gasteiger partial charge on any atom is -0.494 e. The van der Waals surface area contributed by atoms with Crippen molar-refractivity contribution in [1.82, 2.24) is 9.78 Å². The van der Waals surface area contributed by atoms with E-state index in [4.69, 9.17) is 15.2 Å². The van der Waals surface area contributed by atoms with Gasteiger partial charge in [0.1, 0.15) is 17.6 Å². The molecule has 0 saturated carbocycles. The maximum absolute atomic E-state index is 5.89. The van der Waals surface area contributed by atoms with E-state index in [1.165, 1.54) is 0 Å². The molecule has 2 aromatic rings. The Morgan fingerprint density at radius 1 is 1.37 bits per heavy atom.